The third kappa shape index (κ3) is 0.860. The molecular weight excluding hydrogens is 178 g/mol. The van der Waals surface area contributed by atoms with E-state index in [4.69, 9.17) is 5.73 Å². The van der Waals surface area contributed by atoms with Gasteiger partial charge < -0.3 is 10.6 Å². The van der Waals surface area contributed by atoms with Crippen molar-refractivity contribution in [3.05, 3.63) is 0 Å². The lowest BCUT2D eigenvalue weighted by atomic mass is 10.5. The number of fused-ring (bicyclic) bond motifs is 1. The number of aromatic nitrogens is 3. The zero-order chi connectivity index (χ0) is 8.72. The largest absolute Gasteiger partial charge is 0.367 e. The number of aromatic amines is 1. The molecule has 0 fully saturated rings. The predicted molar refractivity (Wildman–Crippen MR) is 43.6 cm³/mol. The minimum absolute atomic E-state index is 0.371. The van der Waals surface area contributed by atoms with Gasteiger partial charge in [-0.05, 0) is 0 Å². The molecule has 0 saturated carbocycles. The summed E-state index contributed by atoms with van der Waals surface area (Å²) in [6.45, 7) is 0. The average Bonchev–Trinajstić information content (AvgIpc) is 2.53. The molecule has 1 atom stereocenters. The van der Waals surface area contributed by atoms with Gasteiger partial charge in [-0.25, -0.2) is 0 Å². The van der Waals surface area contributed by atoms with Gasteiger partial charge in [0.1, 0.15) is 0 Å². The van der Waals surface area contributed by atoms with Crippen molar-refractivity contribution in [1.29, 1.82) is 0 Å². The molecule has 12 heavy (non-hydrogen) atoms. The Kier molecular flexibility index (Phi) is 1.47. The van der Waals surface area contributed by atoms with Crippen LogP contribution in [0.1, 0.15) is 0 Å². The van der Waals surface area contributed by atoms with Gasteiger partial charge in [-0.3, -0.25) is 4.79 Å². The number of primary amides is 1. The molecule has 1 amide bonds. The lowest BCUT2D eigenvalue weighted by Gasteiger charge is -2.15. The first-order valence-corrected chi connectivity index (χ1v) is 4.17. The SMILES string of the molecule is CN1c2n[nH]nc2SC1C(N)=O. The van der Waals surface area contributed by atoms with E-state index in [1.54, 1.807) is 11.9 Å². The van der Waals surface area contributed by atoms with E-state index >= 15 is 0 Å². The van der Waals surface area contributed by atoms with Crippen LogP contribution in [0, 0.1) is 0 Å². The van der Waals surface area contributed by atoms with Gasteiger partial charge in [0, 0.05) is 7.05 Å². The molecule has 0 saturated heterocycles. The van der Waals surface area contributed by atoms with Crippen LogP contribution in [-0.4, -0.2) is 33.7 Å². The van der Waals surface area contributed by atoms with E-state index in [1.165, 1.54) is 11.8 Å². The second-order valence-electron chi connectivity index (χ2n) is 2.44. The normalized spacial score (nSPS) is 21.1. The summed E-state index contributed by atoms with van der Waals surface area (Å²) in [6, 6.07) is 0. The maximum Gasteiger partial charge on any atom is 0.251 e. The summed E-state index contributed by atoms with van der Waals surface area (Å²) in [6.07, 6.45) is 0. The molecule has 1 aliphatic rings. The number of nitrogens with two attached hydrogens (primary N) is 1. The fraction of sp³-hybridized carbons (Fsp3) is 0.400. The Bertz CT molecular complexity index is 323. The Morgan fingerprint density at radius 3 is 3.08 bits per heavy atom. The van der Waals surface area contributed by atoms with Crippen molar-refractivity contribution < 1.29 is 4.79 Å². The fourth-order valence-corrected chi connectivity index (χ4v) is 2.04. The van der Waals surface area contributed by atoms with Crippen LogP contribution >= 0.6 is 11.8 Å². The van der Waals surface area contributed by atoms with E-state index in [0.29, 0.717) is 5.82 Å². The summed E-state index contributed by atoms with van der Waals surface area (Å²) in [7, 11) is 1.76. The maximum absolute atomic E-state index is 10.9. The zero-order valence-electron chi connectivity index (χ0n) is 6.31. The van der Waals surface area contributed by atoms with Gasteiger partial charge in [-0.1, -0.05) is 11.8 Å². The fourth-order valence-electron chi connectivity index (χ4n) is 1.07. The van der Waals surface area contributed by atoms with Crippen molar-refractivity contribution in [3.8, 4) is 0 Å². The van der Waals surface area contributed by atoms with Crippen molar-refractivity contribution in [2.75, 3.05) is 11.9 Å². The molecule has 0 bridgehead atoms. The summed E-state index contributed by atoms with van der Waals surface area (Å²) in [5, 5.41) is 10.6. The third-order valence-electron chi connectivity index (χ3n) is 1.65. The molecule has 1 unspecified atom stereocenters. The summed E-state index contributed by atoms with van der Waals surface area (Å²) in [5.74, 6) is 0.311. The van der Waals surface area contributed by atoms with Gasteiger partial charge in [0.25, 0.3) is 5.91 Å². The van der Waals surface area contributed by atoms with E-state index in [9.17, 15) is 4.79 Å². The zero-order valence-corrected chi connectivity index (χ0v) is 7.13. The summed E-state index contributed by atoms with van der Waals surface area (Å²) < 4.78 is 0. The van der Waals surface area contributed by atoms with Crippen LogP contribution in [0.15, 0.2) is 5.03 Å². The van der Waals surface area contributed by atoms with E-state index in [2.05, 4.69) is 15.4 Å². The van der Waals surface area contributed by atoms with Gasteiger partial charge in [0.2, 0.25) is 0 Å². The Morgan fingerprint density at radius 1 is 1.75 bits per heavy atom. The van der Waals surface area contributed by atoms with Crippen LogP contribution in [0.4, 0.5) is 5.82 Å². The van der Waals surface area contributed by atoms with Crippen molar-refractivity contribution in [2.24, 2.45) is 5.73 Å². The number of hydrogen-bond acceptors (Lipinski definition) is 5. The number of carbonyl (C=O) groups is 1. The van der Waals surface area contributed by atoms with Gasteiger partial charge >= 0.3 is 0 Å². The molecule has 0 aromatic carbocycles. The van der Waals surface area contributed by atoms with Crippen molar-refractivity contribution in [3.63, 3.8) is 0 Å². The Balaban J connectivity index is 2.32. The lowest BCUT2D eigenvalue weighted by molar-refractivity contribution is -0.117. The molecular formula is C5H7N5OS. The van der Waals surface area contributed by atoms with Crippen LogP contribution in [0.25, 0.3) is 0 Å². The molecule has 1 aliphatic heterocycles. The molecule has 6 nitrogen and oxygen atoms in total. The van der Waals surface area contributed by atoms with Gasteiger partial charge in [0.05, 0.1) is 0 Å². The minimum Gasteiger partial charge on any atom is -0.367 e. The number of thioether (sulfide) groups is 1. The molecule has 1 aromatic rings. The first kappa shape index (κ1) is 7.41. The molecule has 7 heteroatoms. The van der Waals surface area contributed by atoms with Crippen LogP contribution < -0.4 is 10.6 Å². The smallest absolute Gasteiger partial charge is 0.251 e. The number of amides is 1. The topological polar surface area (TPSA) is 87.9 Å². The highest BCUT2D eigenvalue weighted by Gasteiger charge is 2.34. The van der Waals surface area contributed by atoms with Crippen molar-refractivity contribution >= 4 is 23.5 Å². The predicted octanol–water partition coefficient (Wildman–Crippen LogP) is -0.842. The highest BCUT2D eigenvalue weighted by Crippen LogP contribution is 2.38. The van der Waals surface area contributed by atoms with E-state index in [0.717, 1.165) is 5.03 Å². The van der Waals surface area contributed by atoms with E-state index in [-0.39, 0.29) is 11.3 Å². The quantitative estimate of drug-likeness (QED) is 0.595. The summed E-state index contributed by atoms with van der Waals surface area (Å²) in [4.78, 5) is 12.6. The number of likely N-dealkylation sites (N-methyl/N-ethyl adjacent to an activating group) is 1. The second kappa shape index (κ2) is 2.37. The first-order valence-electron chi connectivity index (χ1n) is 3.29. The highest BCUT2D eigenvalue weighted by atomic mass is 32.2. The Morgan fingerprint density at radius 2 is 2.50 bits per heavy atom. The van der Waals surface area contributed by atoms with Crippen LogP contribution in [-0.2, 0) is 4.79 Å². The molecule has 0 spiro atoms. The molecule has 0 radical (unpaired) electrons. The lowest BCUT2D eigenvalue weighted by Crippen LogP contribution is -2.37. The minimum atomic E-state index is -0.373. The molecule has 2 heterocycles. The van der Waals surface area contributed by atoms with Crippen LogP contribution in [0.3, 0.4) is 0 Å². The molecule has 64 valence electrons. The molecule has 0 aliphatic carbocycles. The maximum atomic E-state index is 10.9. The monoisotopic (exact) mass is 185 g/mol. The average molecular weight is 185 g/mol. The highest BCUT2D eigenvalue weighted by molar-refractivity contribution is 8.01. The van der Waals surface area contributed by atoms with Gasteiger partial charge in [-0.15, -0.1) is 10.2 Å². The van der Waals surface area contributed by atoms with Crippen molar-refractivity contribution in [1.82, 2.24) is 15.4 Å². The van der Waals surface area contributed by atoms with Crippen LogP contribution in [0.5, 0.6) is 0 Å². The standard InChI is InChI=1S/C5H7N5OS/c1-10-3-4(8-9-7-3)12-5(10)2(6)11/h5H,1H3,(H2,6,11)(H,7,8,9). The summed E-state index contributed by atoms with van der Waals surface area (Å²) in [5.41, 5.74) is 5.16. The Hall–Kier alpha value is -1.24. The number of carbonyl (C=O) groups excluding carboxylic acids is 1. The number of hydrogen-bond donors (Lipinski definition) is 2. The molecule has 1 aromatic heterocycles. The molecule has 3 N–H and O–H groups in total. The third-order valence-corrected chi connectivity index (χ3v) is 2.92. The second-order valence-corrected chi connectivity index (χ2v) is 3.50. The Labute approximate surface area is 72.5 Å². The number of nitrogens with one attached hydrogen (secondary N) is 1. The molecule has 2 rings (SSSR count). The van der Waals surface area contributed by atoms with Gasteiger partial charge in [-0.2, -0.15) is 5.21 Å². The van der Waals surface area contributed by atoms with E-state index in [1.807, 2.05) is 0 Å². The number of H-pyrrole nitrogens is 1. The summed E-state index contributed by atoms with van der Waals surface area (Å²) >= 11 is 1.31. The number of nitrogens with zero attached hydrogens (tertiary/aromatic N) is 3. The number of rotatable bonds is 1. The van der Waals surface area contributed by atoms with Crippen LogP contribution in [0.2, 0.25) is 0 Å². The van der Waals surface area contributed by atoms with Gasteiger partial charge in [0.15, 0.2) is 16.2 Å². The number of anilines is 1. The first-order chi connectivity index (χ1) is 5.70. The van der Waals surface area contributed by atoms with E-state index < -0.39 is 0 Å². The van der Waals surface area contributed by atoms with Crippen molar-refractivity contribution in [2.45, 2.75) is 10.4 Å².